The maximum atomic E-state index is 12.4. The fourth-order valence-corrected chi connectivity index (χ4v) is 4.41. The van der Waals surface area contributed by atoms with Crippen LogP contribution in [0.1, 0.15) is 23.9 Å². The predicted molar refractivity (Wildman–Crippen MR) is 96.2 cm³/mol. The smallest absolute Gasteiger partial charge is 0.265 e. The summed E-state index contributed by atoms with van der Waals surface area (Å²) < 4.78 is 5.40. The molecule has 2 aliphatic rings. The van der Waals surface area contributed by atoms with E-state index in [2.05, 4.69) is 17.2 Å². The number of hydrogen-bond acceptors (Lipinski definition) is 5. The fraction of sp³-hybridized carbons (Fsp3) is 0.389. The molecule has 0 fully saturated rings. The van der Waals surface area contributed by atoms with Gasteiger partial charge in [0.25, 0.3) is 5.91 Å². The Bertz CT molecular complexity index is 833. The number of nitrogens with zero attached hydrogens (tertiary/aromatic N) is 2. The van der Waals surface area contributed by atoms with Crippen molar-refractivity contribution >= 4 is 34.0 Å². The van der Waals surface area contributed by atoms with Gasteiger partial charge in [0.1, 0.15) is 12.3 Å². The van der Waals surface area contributed by atoms with Crippen molar-refractivity contribution in [3.8, 4) is 5.75 Å². The molecule has 2 aromatic rings. The fourth-order valence-electron chi connectivity index (χ4n) is 3.22. The zero-order valence-corrected chi connectivity index (χ0v) is 14.8. The summed E-state index contributed by atoms with van der Waals surface area (Å²) in [6.45, 7) is 2.15. The molecule has 1 aromatic heterocycles. The highest BCUT2D eigenvalue weighted by molar-refractivity contribution is 7.15. The number of amides is 2. The second-order valence-electron chi connectivity index (χ2n) is 6.52. The summed E-state index contributed by atoms with van der Waals surface area (Å²) >= 11 is 1.54. The lowest BCUT2D eigenvalue weighted by molar-refractivity contribution is -0.123. The molecule has 1 aromatic carbocycles. The van der Waals surface area contributed by atoms with Gasteiger partial charge in [0.15, 0.2) is 11.7 Å². The first kappa shape index (κ1) is 16.1. The lowest BCUT2D eigenvalue weighted by Crippen LogP contribution is -2.43. The van der Waals surface area contributed by atoms with Crippen molar-refractivity contribution < 1.29 is 14.3 Å². The number of aryl methyl sites for hydroxylation is 1. The zero-order chi connectivity index (χ0) is 17.4. The molecule has 0 saturated carbocycles. The SMILES string of the molecule is CC1CCc2nc(NC(=O)CN3C(=O)COc4ccccc43)sc2C1. The van der Waals surface area contributed by atoms with E-state index in [1.165, 1.54) is 9.78 Å². The first-order chi connectivity index (χ1) is 12.1. The van der Waals surface area contributed by atoms with Gasteiger partial charge in [0, 0.05) is 4.88 Å². The second kappa shape index (κ2) is 6.48. The molecule has 1 unspecified atom stereocenters. The van der Waals surface area contributed by atoms with Gasteiger partial charge in [-0.1, -0.05) is 19.1 Å². The van der Waals surface area contributed by atoms with Crippen LogP contribution in [0.25, 0.3) is 0 Å². The molecule has 1 atom stereocenters. The molecular formula is C18H19N3O3S. The number of thiazole rings is 1. The van der Waals surface area contributed by atoms with Crippen LogP contribution in [0.3, 0.4) is 0 Å². The van der Waals surface area contributed by atoms with E-state index in [0.29, 0.717) is 22.5 Å². The van der Waals surface area contributed by atoms with Crippen LogP contribution in [0.2, 0.25) is 0 Å². The molecule has 0 saturated heterocycles. The third-order valence-corrected chi connectivity index (χ3v) is 5.58. The number of carbonyl (C=O) groups is 2. The van der Waals surface area contributed by atoms with Crippen LogP contribution in [0, 0.1) is 5.92 Å². The van der Waals surface area contributed by atoms with Crippen molar-refractivity contribution in [3.05, 3.63) is 34.8 Å². The molecule has 4 rings (SSSR count). The third-order valence-electron chi connectivity index (χ3n) is 4.54. The molecular weight excluding hydrogens is 338 g/mol. The Kier molecular flexibility index (Phi) is 4.17. The minimum absolute atomic E-state index is 0.0418. The van der Waals surface area contributed by atoms with E-state index in [4.69, 9.17) is 4.74 Å². The minimum atomic E-state index is -0.246. The maximum absolute atomic E-state index is 12.4. The summed E-state index contributed by atoms with van der Waals surface area (Å²) in [7, 11) is 0. The Hall–Kier alpha value is -2.41. The quantitative estimate of drug-likeness (QED) is 0.917. The number of benzene rings is 1. The van der Waals surface area contributed by atoms with Gasteiger partial charge in [-0.15, -0.1) is 11.3 Å². The number of fused-ring (bicyclic) bond motifs is 2. The number of para-hydroxylation sites is 2. The normalized spacial score (nSPS) is 19.0. The van der Waals surface area contributed by atoms with Crippen LogP contribution >= 0.6 is 11.3 Å². The lowest BCUT2D eigenvalue weighted by Gasteiger charge is -2.28. The van der Waals surface area contributed by atoms with Crippen molar-refractivity contribution in [2.24, 2.45) is 5.92 Å². The molecule has 130 valence electrons. The number of anilines is 2. The van der Waals surface area contributed by atoms with E-state index < -0.39 is 0 Å². The van der Waals surface area contributed by atoms with Gasteiger partial charge in [0.05, 0.1) is 11.4 Å². The van der Waals surface area contributed by atoms with Crippen LogP contribution < -0.4 is 15.0 Å². The topological polar surface area (TPSA) is 71.5 Å². The first-order valence-corrected chi connectivity index (χ1v) is 9.22. The molecule has 1 aliphatic carbocycles. The molecule has 0 bridgehead atoms. The Morgan fingerprint density at radius 1 is 1.44 bits per heavy atom. The average molecular weight is 357 g/mol. The van der Waals surface area contributed by atoms with E-state index in [-0.39, 0.29) is 25.0 Å². The van der Waals surface area contributed by atoms with Crippen molar-refractivity contribution in [1.82, 2.24) is 4.98 Å². The molecule has 0 spiro atoms. The zero-order valence-electron chi connectivity index (χ0n) is 13.9. The van der Waals surface area contributed by atoms with Crippen molar-refractivity contribution in [2.45, 2.75) is 26.2 Å². The van der Waals surface area contributed by atoms with Crippen LogP contribution in [-0.4, -0.2) is 29.9 Å². The van der Waals surface area contributed by atoms with Crippen molar-refractivity contribution in [1.29, 1.82) is 0 Å². The summed E-state index contributed by atoms with van der Waals surface area (Å²) in [5, 5.41) is 3.47. The lowest BCUT2D eigenvalue weighted by atomic mass is 9.93. The van der Waals surface area contributed by atoms with Crippen LogP contribution in [0.4, 0.5) is 10.8 Å². The van der Waals surface area contributed by atoms with Gasteiger partial charge < -0.3 is 10.1 Å². The maximum Gasteiger partial charge on any atom is 0.265 e. The highest BCUT2D eigenvalue weighted by atomic mass is 32.1. The van der Waals surface area contributed by atoms with Gasteiger partial charge in [0.2, 0.25) is 5.91 Å². The summed E-state index contributed by atoms with van der Waals surface area (Å²) in [6.07, 6.45) is 3.14. The molecule has 6 nitrogen and oxygen atoms in total. The molecule has 7 heteroatoms. The monoisotopic (exact) mass is 357 g/mol. The Balaban J connectivity index is 1.47. The van der Waals surface area contributed by atoms with E-state index >= 15 is 0 Å². The molecule has 1 N–H and O–H groups in total. The number of rotatable bonds is 3. The molecule has 2 amide bonds. The van der Waals surface area contributed by atoms with E-state index in [1.807, 2.05) is 12.1 Å². The molecule has 1 aliphatic heterocycles. The number of hydrogen-bond donors (Lipinski definition) is 1. The Morgan fingerprint density at radius 2 is 2.28 bits per heavy atom. The molecule has 2 heterocycles. The number of aromatic nitrogens is 1. The van der Waals surface area contributed by atoms with Crippen LogP contribution in [-0.2, 0) is 22.4 Å². The summed E-state index contributed by atoms with van der Waals surface area (Å²) in [6, 6.07) is 7.24. The van der Waals surface area contributed by atoms with Gasteiger partial charge in [-0.2, -0.15) is 0 Å². The van der Waals surface area contributed by atoms with Gasteiger partial charge in [-0.25, -0.2) is 4.98 Å². The number of carbonyl (C=O) groups excluding carboxylic acids is 2. The van der Waals surface area contributed by atoms with Gasteiger partial charge in [-0.3, -0.25) is 14.5 Å². The Morgan fingerprint density at radius 3 is 3.16 bits per heavy atom. The van der Waals surface area contributed by atoms with E-state index in [0.717, 1.165) is 25.0 Å². The van der Waals surface area contributed by atoms with Crippen LogP contribution in [0.5, 0.6) is 5.75 Å². The highest BCUT2D eigenvalue weighted by Gasteiger charge is 2.27. The van der Waals surface area contributed by atoms with Gasteiger partial charge in [-0.05, 0) is 37.3 Å². The van der Waals surface area contributed by atoms with Crippen molar-refractivity contribution in [2.75, 3.05) is 23.4 Å². The second-order valence-corrected chi connectivity index (χ2v) is 7.60. The highest BCUT2D eigenvalue weighted by Crippen LogP contribution is 2.33. The standard InChI is InChI=1S/C18H19N3O3S/c1-11-6-7-12-15(8-11)25-18(19-12)20-16(22)9-21-13-4-2-3-5-14(13)24-10-17(21)23/h2-5,11H,6-10H2,1H3,(H,19,20,22). The average Bonchev–Trinajstić information content (AvgIpc) is 2.98. The molecule has 25 heavy (non-hydrogen) atoms. The first-order valence-electron chi connectivity index (χ1n) is 8.41. The summed E-state index contributed by atoms with van der Waals surface area (Å²) in [5.41, 5.74) is 1.73. The largest absolute Gasteiger partial charge is 0.482 e. The van der Waals surface area contributed by atoms with E-state index in [9.17, 15) is 9.59 Å². The van der Waals surface area contributed by atoms with E-state index in [1.54, 1.807) is 23.5 Å². The number of nitrogens with one attached hydrogen (secondary N) is 1. The Labute approximate surface area is 149 Å². The predicted octanol–water partition coefficient (Wildman–Crippen LogP) is 2.63. The molecule has 0 radical (unpaired) electrons. The van der Waals surface area contributed by atoms with Crippen molar-refractivity contribution in [3.63, 3.8) is 0 Å². The third kappa shape index (κ3) is 3.24. The number of ether oxygens (including phenoxy) is 1. The van der Waals surface area contributed by atoms with Crippen LogP contribution in [0.15, 0.2) is 24.3 Å². The minimum Gasteiger partial charge on any atom is -0.482 e. The van der Waals surface area contributed by atoms with Gasteiger partial charge >= 0.3 is 0 Å². The summed E-state index contributed by atoms with van der Waals surface area (Å²) in [5.74, 6) is 0.817. The summed E-state index contributed by atoms with van der Waals surface area (Å²) in [4.78, 5) is 31.8.